The lowest BCUT2D eigenvalue weighted by Crippen LogP contribution is -2.41. The Bertz CT molecular complexity index is 5100. The van der Waals surface area contributed by atoms with Crippen molar-refractivity contribution in [2.24, 2.45) is 11.8 Å². The first-order valence-corrected chi connectivity index (χ1v) is 36.2. The van der Waals surface area contributed by atoms with Crippen LogP contribution >= 0.6 is 47.0 Å². The molecule has 0 spiro atoms. The van der Waals surface area contributed by atoms with E-state index in [4.69, 9.17) is 4.74 Å². The van der Waals surface area contributed by atoms with Crippen LogP contribution in [0.5, 0.6) is 0 Å². The van der Waals surface area contributed by atoms with Gasteiger partial charge in [0, 0.05) is 80.2 Å². The molecule has 2 atom stereocenters. The summed E-state index contributed by atoms with van der Waals surface area (Å²) in [5.41, 5.74) is 5.94. The van der Waals surface area contributed by atoms with Gasteiger partial charge in [0.05, 0.1) is 53.5 Å². The second kappa shape index (κ2) is 30.4. The van der Waals surface area contributed by atoms with Gasteiger partial charge in [0.1, 0.15) is 60.7 Å². The Morgan fingerprint density at radius 2 is 0.760 bits per heavy atom. The Labute approximate surface area is 606 Å². The zero-order valence-corrected chi connectivity index (χ0v) is 58.0. The molecular formula is C70H60N16O14S4. The van der Waals surface area contributed by atoms with E-state index in [1.54, 1.807) is 41.3 Å². The first-order valence-electron chi connectivity index (χ1n) is 33.0. The largest absolute Gasteiger partial charge is 0.481 e. The number of nitrogens with one attached hydrogen (secondary N) is 4. The second-order valence-electron chi connectivity index (χ2n) is 25.0. The third-order valence-electron chi connectivity index (χ3n) is 18.3. The highest BCUT2D eigenvalue weighted by Gasteiger charge is 2.36. The van der Waals surface area contributed by atoms with Crippen molar-refractivity contribution in [3.63, 3.8) is 0 Å². The van der Waals surface area contributed by atoms with Gasteiger partial charge in [-0.15, -0.1) is 0 Å². The highest BCUT2D eigenvalue weighted by Crippen LogP contribution is 2.37. The molecule has 2 unspecified atom stereocenters. The predicted octanol–water partition coefficient (Wildman–Crippen LogP) is 8.91. The van der Waals surface area contributed by atoms with Crippen LogP contribution in [0.4, 0.5) is 42.4 Å². The summed E-state index contributed by atoms with van der Waals surface area (Å²) in [4.78, 5) is 174. The quantitative estimate of drug-likeness (QED) is 0.0491. The van der Waals surface area contributed by atoms with Gasteiger partial charge in [-0.2, -0.15) is 0 Å². The Kier molecular flexibility index (Phi) is 20.4. The van der Waals surface area contributed by atoms with E-state index in [0.717, 1.165) is 127 Å². The SMILES string of the molecule is O=C1NC(=O)C(=Cc2ccc3ncnc(N4CCC(OC(=O)C5CCN(c6ncnc7ccc(C=C8SC(=O)NC8=O)cc67)CC5)CC4)c3c2)S1.O=C1NC(=O)C(=Cc2ccc3ncnc(N4CCCC(C(=O)O)C4)c3c2)S1.O=C1NC(=O)C(=Cc2ccc3ncnc(N4CCCC4C(=O)O)c3c2)S1. The number of ether oxygens (including phenoxy) is 1. The molecule has 0 saturated carbocycles. The lowest BCUT2D eigenvalue weighted by atomic mass is 9.96. The lowest BCUT2D eigenvalue weighted by Gasteiger charge is -2.35. The third-order valence-corrected chi connectivity index (χ3v) is 21.6. The van der Waals surface area contributed by atoms with Crippen molar-refractivity contribution in [3.8, 4) is 0 Å². The minimum absolute atomic E-state index is 0.172. The van der Waals surface area contributed by atoms with Crippen LogP contribution in [0, 0.1) is 11.8 Å². The molecule has 4 aromatic heterocycles. The minimum atomic E-state index is -0.870. The minimum Gasteiger partial charge on any atom is -0.481 e. The number of imide groups is 4. The Morgan fingerprint density at radius 1 is 0.404 bits per heavy atom. The maximum absolute atomic E-state index is 13.3. The molecule has 16 rings (SSSR count). The summed E-state index contributed by atoms with van der Waals surface area (Å²) in [7, 11) is 0. The van der Waals surface area contributed by atoms with Crippen LogP contribution < -0.4 is 40.9 Å². The molecule has 8 aliphatic rings. The number of thioether (sulfide) groups is 4. The summed E-state index contributed by atoms with van der Waals surface area (Å²) in [5, 5.41) is 29.4. The van der Waals surface area contributed by atoms with Crippen molar-refractivity contribution in [1.82, 2.24) is 61.1 Å². The number of hydrogen-bond acceptors (Lipinski definition) is 28. The molecular weight excluding hydrogens is 1420 g/mol. The van der Waals surface area contributed by atoms with E-state index in [9.17, 15) is 63.0 Å². The summed E-state index contributed by atoms with van der Waals surface area (Å²) < 4.78 is 6.04. The number of aliphatic carboxylic acids is 2. The number of anilines is 4. The molecule has 12 heterocycles. The fourth-order valence-corrected chi connectivity index (χ4v) is 16.0. The number of carboxylic acid groups (broad SMARTS) is 2. The number of amides is 8. The molecule has 528 valence electrons. The highest BCUT2D eigenvalue weighted by molar-refractivity contribution is 8.19. The van der Waals surface area contributed by atoms with Gasteiger partial charge in [-0.05, 0) is 181 Å². The third kappa shape index (κ3) is 15.6. The van der Waals surface area contributed by atoms with Crippen LogP contribution in [0.1, 0.15) is 73.6 Å². The fraction of sp³-hybridized carbons (Fsp3) is 0.271. The van der Waals surface area contributed by atoms with E-state index in [0.29, 0.717) is 126 Å². The van der Waals surface area contributed by atoms with Gasteiger partial charge in [0.25, 0.3) is 44.6 Å². The number of nitrogens with zero attached hydrogens (tertiary/aromatic N) is 12. The van der Waals surface area contributed by atoms with Crippen molar-refractivity contribution in [3.05, 3.63) is 140 Å². The number of fused-ring (bicyclic) bond motifs is 4. The van der Waals surface area contributed by atoms with Crippen molar-refractivity contribution < 1.29 is 67.7 Å². The summed E-state index contributed by atoms with van der Waals surface area (Å²) in [6.45, 7) is 4.30. The second-order valence-corrected chi connectivity index (χ2v) is 29.1. The maximum atomic E-state index is 13.3. The van der Waals surface area contributed by atoms with Gasteiger partial charge in [0.15, 0.2) is 0 Å². The molecule has 30 nitrogen and oxygen atoms in total. The van der Waals surface area contributed by atoms with Crippen LogP contribution in [0.3, 0.4) is 0 Å². The van der Waals surface area contributed by atoms with E-state index in [2.05, 4.69) is 70.9 Å². The Balaban J connectivity index is 0.000000145. The number of carbonyl (C=O) groups is 11. The van der Waals surface area contributed by atoms with E-state index < -0.39 is 52.8 Å². The highest BCUT2D eigenvalue weighted by atomic mass is 32.2. The van der Waals surface area contributed by atoms with Crippen LogP contribution in [0.25, 0.3) is 67.9 Å². The van der Waals surface area contributed by atoms with Gasteiger partial charge in [-0.25, -0.2) is 44.7 Å². The molecule has 8 fully saturated rings. The van der Waals surface area contributed by atoms with Crippen LogP contribution in [-0.4, -0.2) is 171 Å². The molecule has 8 amide bonds. The molecule has 8 aromatic rings. The molecule has 0 radical (unpaired) electrons. The first-order chi connectivity index (χ1) is 50.3. The van der Waals surface area contributed by atoms with Crippen molar-refractivity contribution in [1.29, 1.82) is 0 Å². The average molecular weight is 1480 g/mol. The van der Waals surface area contributed by atoms with Gasteiger partial charge in [-0.1, -0.05) is 24.3 Å². The zero-order chi connectivity index (χ0) is 72.3. The zero-order valence-electron chi connectivity index (χ0n) is 54.8. The van der Waals surface area contributed by atoms with Gasteiger partial charge < -0.3 is 34.5 Å². The number of esters is 1. The standard InChI is InChI=1S/C35H30N8O6S2.C18H16N4O4S.C17H14N4O4S/c44-31-27(50-34(47)40-31)15-19-1-3-25-23(13-19)29(38-17-36-25)42-9-5-21(6-10-42)33(46)49-22-7-11-43(12-8-22)30-24-14-20(2-4-26(24)37-18-39-30)16-28-32(45)41-35(48)51-28;23-16-14(27-18(26)21-16)7-10-3-4-13-12(6-10)15(20-9-19-13)22-5-1-2-11(8-22)17(24)25;22-15-13(26-17(25)20-15)7-9-3-4-11-10(6-9)14(19-8-18-11)21-5-1-2-12(21)16(23)24/h1-4,13-18,21-22H,5-12H2,(H,40,44,47)(H,41,45,48);3-4,6-7,9,11H,1-2,5,8H2,(H,24,25)(H,21,23,26);3-4,6-8,12H,1-2,5H2,(H,23,24)(H,20,22,25). The van der Waals surface area contributed by atoms with Gasteiger partial charge in [0.2, 0.25) is 0 Å². The molecule has 0 bridgehead atoms. The molecule has 4 aromatic carbocycles. The number of piperidine rings is 3. The maximum Gasteiger partial charge on any atom is 0.326 e. The predicted molar refractivity (Wildman–Crippen MR) is 391 cm³/mol. The lowest BCUT2D eigenvalue weighted by molar-refractivity contribution is -0.155. The van der Waals surface area contributed by atoms with Gasteiger partial charge >= 0.3 is 17.9 Å². The normalized spacial score (nSPS) is 21.1. The van der Waals surface area contributed by atoms with Crippen molar-refractivity contribution >= 4 is 201 Å². The smallest absolute Gasteiger partial charge is 0.326 e. The molecule has 8 saturated heterocycles. The average Bonchev–Trinajstić information content (AvgIpc) is 1.06. The van der Waals surface area contributed by atoms with E-state index >= 15 is 0 Å². The number of aromatic nitrogens is 8. The number of benzene rings is 4. The molecule has 6 N–H and O–H groups in total. The van der Waals surface area contributed by atoms with Crippen LogP contribution in [-0.2, 0) is 38.3 Å². The molecule has 8 aliphatic heterocycles. The Hall–Kier alpha value is -11.2. The monoisotopic (exact) mass is 1480 g/mol. The molecule has 104 heavy (non-hydrogen) atoms. The van der Waals surface area contributed by atoms with E-state index in [-0.39, 0.29) is 33.7 Å². The fourth-order valence-electron chi connectivity index (χ4n) is 13.3. The topological polar surface area (TPSA) is 402 Å². The molecule has 0 aliphatic carbocycles. The van der Waals surface area contributed by atoms with E-state index in [1.807, 2.05) is 65.6 Å². The summed E-state index contributed by atoms with van der Waals surface area (Å²) in [5.74, 6) is -1.32. The summed E-state index contributed by atoms with van der Waals surface area (Å²) >= 11 is 3.46. The van der Waals surface area contributed by atoms with Crippen molar-refractivity contribution in [2.45, 2.75) is 63.5 Å². The van der Waals surface area contributed by atoms with Crippen LogP contribution in [0.15, 0.2) is 118 Å². The van der Waals surface area contributed by atoms with Crippen LogP contribution in [0.2, 0.25) is 0 Å². The van der Waals surface area contributed by atoms with E-state index in [1.165, 1.54) is 25.3 Å². The Morgan fingerprint density at radius 3 is 1.12 bits per heavy atom. The number of carboxylic acids is 2. The first kappa shape index (κ1) is 69.8. The number of carbonyl (C=O) groups excluding carboxylic acids is 9. The number of rotatable bonds is 12. The molecule has 34 heteroatoms. The number of hydrogen-bond donors (Lipinski definition) is 6. The van der Waals surface area contributed by atoms with Gasteiger partial charge in [-0.3, -0.25) is 69.2 Å². The summed E-state index contributed by atoms with van der Waals surface area (Å²) in [6, 6.07) is 21.6. The van der Waals surface area contributed by atoms with Crippen molar-refractivity contribution in [2.75, 3.05) is 65.4 Å². The summed E-state index contributed by atoms with van der Waals surface area (Å²) in [6.07, 6.45) is 17.8.